The van der Waals surface area contributed by atoms with Gasteiger partial charge >= 0.3 is 0 Å². The predicted molar refractivity (Wildman–Crippen MR) is 76.5 cm³/mol. The lowest BCUT2D eigenvalue weighted by molar-refractivity contribution is 0.259. The van der Waals surface area contributed by atoms with E-state index >= 15 is 0 Å². The van der Waals surface area contributed by atoms with Crippen molar-refractivity contribution in [1.29, 1.82) is 0 Å². The van der Waals surface area contributed by atoms with Crippen LogP contribution in [0.4, 0.5) is 4.39 Å². The van der Waals surface area contributed by atoms with Crippen molar-refractivity contribution in [3.8, 4) is 0 Å². The van der Waals surface area contributed by atoms with Crippen LogP contribution in [0.5, 0.6) is 0 Å². The molecule has 0 saturated heterocycles. The van der Waals surface area contributed by atoms with Gasteiger partial charge in [-0.1, -0.05) is 12.1 Å². The zero-order valence-electron chi connectivity index (χ0n) is 11.8. The van der Waals surface area contributed by atoms with Crippen LogP contribution in [-0.4, -0.2) is 29.8 Å². The van der Waals surface area contributed by atoms with E-state index in [0.29, 0.717) is 12.6 Å². The van der Waals surface area contributed by atoms with Crippen LogP contribution in [0.3, 0.4) is 0 Å². The molecule has 0 aromatic heterocycles. The van der Waals surface area contributed by atoms with Gasteiger partial charge in [0.15, 0.2) is 0 Å². The minimum atomic E-state index is -0.220. The van der Waals surface area contributed by atoms with Crippen LogP contribution in [0, 0.1) is 5.82 Å². The summed E-state index contributed by atoms with van der Waals surface area (Å²) in [5, 5.41) is 12.4. The molecule has 0 spiro atoms. The number of hydrogen-bond acceptors (Lipinski definition) is 3. The molecule has 0 aliphatic rings. The Hall–Kier alpha value is -0.970. The molecule has 0 aliphatic carbocycles. The maximum Gasteiger partial charge on any atom is 0.123 e. The Morgan fingerprint density at radius 3 is 2.53 bits per heavy atom. The summed E-state index contributed by atoms with van der Waals surface area (Å²) >= 11 is 0. The Kier molecular flexibility index (Phi) is 6.42. The van der Waals surface area contributed by atoms with E-state index in [9.17, 15) is 4.39 Å². The standard InChI is InChI=1S/C15H25FN2O/c1-12(4-3-9-19)18-15(2,11-17)10-13-5-7-14(16)8-6-13/h5-8,12,18-19H,3-4,9-11,17H2,1-2H3. The molecule has 2 atom stereocenters. The smallest absolute Gasteiger partial charge is 0.123 e. The van der Waals surface area contributed by atoms with Gasteiger partial charge in [0.05, 0.1) is 0 Å². The molecule has 0 bridgehead atoms. The van der Waals surface area contributed by atoms with Crippen LogP contribution in [0.2, 0.25) is 0 Å². The molecule has 0 radical (unpaired) electrons. The zero-order valence-corrected chi connectivity index (χ0v) is 11.8. The molecule has 1 aromatic carbocycles. The van der Waals surface area contributed by atoms with E-state index in [1.54, 1.807) is 12.1 Å². The molecule has 0 amide bonds. The van der Waals surface area contributed by atoms with Crippen molar-refractivity contribution in [2.75, 3.05) is 13.2 Å². The molecular weight excluding hydrogens is 243 g/mol. The molecule has 1 aromatic rings. The van der Waals surface area contributed by atoms with Gasteiger partial charge in [-0.25, -0.2) is 4.39 Å². The maximum absolute atomic E-state index is 12.9. The fraction of sp³-hybridized carbons (Fsp3) is 0.600. The summed E-state index contributed by atoms with van der Waals surface area (Å²) < 4.78 is 12.9. The maximum atomic E-state index is 12.9. The van der Waals surface area contributed by atoms with Crippen molar-refractivity contribution in [2.24, 2.45) is 5.73 Å². The fourth-order valence-electron chi connectivity index (χ4n) is 2.30. The van der Waals surface area contributed by atoms with E-state index in [1.165, 1.54) is 12.1 Å². The Balaban J connectivity index is 2.61. The molecule has 4 heteroatoms. The second-order valence-electron chi connectivity index (χ2n) is 5.48. The summed E-state index contributed by atoms with van der Waals surface area (Å²) in [6, 6.07) is 6.83. The average molecular weight is 268 g/mol. The first-order chi connectivity index (χ1) is 8.99. The summed E-state index contributed by atoms with van der Waals surface area (Å²) in [6.45, 7) is 4.89. The number of rotatable bonds is 8. The van der Waals surface area contributed by atoms with Crippen molar-refractivity contribution in [3.63, 3.8) is 0 Å². The zero-order chi connectivity index (χ0) is 14.3. The fourth-order valence-corrected chi connectivity index (χ4v) is 2.30. The molecule has 0 heterocycles. The van der Waals surface area contributed by atoms with Crippen molar-refractivity contribution in [1.82, 2.24) is 5.32 Å². The van der Waals surface area contributed by atoms with Crippen LogP contribution >= 0.6 is 0 Å². The quantitative estimate of drug-likeness (QED) is 0.674. The van der Waals surface area contributed by atoms with E-state index in [1.807, 2.05) is 0 Å². The van der Waals surface area contributed by atoms with Crippen molar-refractivity contribution >= 4 is 0 Å². The minimum absolute atomic E-state index is 0.212. The summed E-state index contributed by atoms with van der Waals surface area (Å²) in [5.74, 6) is -0.220. The average Bonchev–Trinajstić information content (AvgIpc) is 2.39. The normalized spacial score (nSPS) is 16.1. The molecule has 108 valence electrons. The molecule has 4 N–H and O–H groups in total. The highest BCUT2D eigenvalue weighted by Gasteiger charge is 2.24. The molecule has 19 heavy (non-hydrogen) atoms. The summed E-state index contributed by atoms with van der Waals surface area (Å²) in [5.41, 5.74) is 6.73. The number of aliphatic hydroxyl groups excluding tert-OH is 1. The highest BCUT2D eigenvalue weighted by Crippen LogP contribution is 2.15. The van der Waals surface area contributed by atoms with Gasteiger partial charge in [0.1, 0.15) is 5.82 Å². The Labute approximate surface area is 115 Å². The lowest BCUT2D eigenvalue weighted by atomic mass is 9.91. The monoisotopic (exact) mass is 268 g/mol. The number of aliphatic hydroxyl groups is 1. The minimum Gasteiger partial charge on any atom is -0.396 e. The molecule has 0 saturated carbocycles. The van der Waals surface area contributed by atoms with E-state index < -0.39 is 0 Å². The van der Waals surface area contributed by atoms with Gasteiger partial charge < -0.3 is 16.2 Å². The number of halogens is 1. The first-order valence-corrected chi connectivity index (χ1v) is 6.82. The molecule has 0 aliphatic heterocycles. The summed E-state index contributed by atoms with van der Waals surface area (Å²) in [4.78, 5) is 0. The first kappa shape index (κ1) is 16.1. The second-order valence-corrected chi connectivity index (χ2v) is 5.48. The van der Waals surface area contributed by atoms with E-state index in [4.69, 9.17) is 10.8 Å². The highest BCUT2D eigenvalue weighted by atomic mass is 19.1. The van der Waals surface area contributed by atoms with Crippen LogP contribution in [0.25, 0.3) is 0 Å². The van der Waals surface area contributed by atoms with Gasteiger partial charge in [0.25, 0.3) is 0 Å². The van der Waals surface area contributed by atoms with E-state index in [-0.39, 0.29) is 18.0 Å². The number of nitrogens with two attached hydrogens (primary N) is 1. The molecule has 3 nitrogen and oxygen atoms in total. The Bertz CT molecular complexity index is 369. The lowest BCUT2D eigenvalue weighted by Gasteiger charge is -2.33. The Morgan fingerprint density at radius 1 is 1.37 bits per heavy atom. The third-order valence-corrected chi connectivity index (χ3v) is 3.35. The number of benzene rings is 1. The van der Waals surface area contributed by atoms with Crippen LogP contribution in [0.15, 0.2) is 24.3 Å². The van der Waals surface area contributed by atoms with Crippen molar-refractivity contribution < 1.29 is 9.50 Å². The third-order valence-electron chi connectivity index (χ3n) is 3.35. The largest absolute Gasteiger partial charge is 0.396 e. The predicted octanol–water partition coefficient (Wildman–Crippen LogP) is 1.84. The summed E-state index contributed by atoms with van der Waals surface area (Å²) in [6.07, 6.45) is 2.45. The third kappa shape index (κ3) is 5.68. The van der Waals surface area contributed by atoms with Crippen LogP contribution in [-0.2, 0) is 6.42 Å². The van der Waals surface area contributed by atoms with E-state index in [2.05, 4.69) is 19.2 Å². The summed E-state index contributed by atoms with van der Waals surface area (Å²) in [7, 11) is 0. The van der Waals surface area contributed by atoms with Gasteiger partial charge in [0.2, 0.25) is 0 Å². The SMILES string of the molecule is CC(CCCO)NC(C)(CN)Cc1ccc(F)cc1. The van der Waals surface area contributed by atoms with Gasteiger partial charge in [-0.3, -0.25) is 0 Å². The van der Waals surface area contributed by atoms with Crippen LogP contribution < -0.4 is 11.1 Å². The molecule has 2 unspecified atom stereocenters. The number of hydrogen-bond donors (Lipinski definition) is 3. The molecule has 1 rings (SSSR count). The van der Waals surface area contributed by atoms with Crippen molar-refractivity contribution in [2.45, 2.75) is 44.7 Å². The van der Waals surface area contributed by atoms with Crippen molar-refractivity contribution in [3.05, 3.63) is 35.6 Å². The number of nitrogens with one attached hydrogen (secondary N) is 1. The van der Waals surface area contributed by atoms with Gasteiger partial charge in [-0.2, -0.15) is 0 Å². The van der Waals surface area contributed by atoms with Gasteiger partial charge in [0, 0.05) is 24.7 Å². The first-order valence-electron chi connectivity index (χ1n) is 6.82. The topological polar surface area (TPSA) is 58.3 Å². The van der Waals surface area contributed by atoms with Crippen LogP contribution in [0.1, 0.15) is 32.3 Å². The van der Waals surface area contributed by atoms with Gasteiger partial charge in [-0.15, -0.1) is 0 Å². The molecular formula is C15H25FN2O. The Morgan fingerprint density at radius 2 is 2.00 bits per heavy atom. The van der Waals surface area contributed by atoms with E-state index in [0.717, 1.165) is 24.8 Å². The highest BCUT2D eigenvalue weighted by molar-refractivity contribution is 5.19. The lowest BCUT2D eigenvalue weighted by Crippen LogP contribution is -2.53. The second kappa shape index (κ2) is 7.58. The van der Waals surface area contributed by atoms with Gasteiger partial charge in [-0.05, 0) is 50.8 Å². The molecule has 0 fully saturated rings.